The zero-order chi connectivity index (χ0) is 19.3. The Kier molecular flexibility index (Phi) is 6.90. The zero-order valence-corrected chi connectivity index (χ0v) is 15.4. The topological polar surface area (TPSA) is 77.0 Å². The van der Waals surface area contributed by atoms with Crippen LogP contribution in [0.1, 0.15) is 6.42 Å². The number of anilines is 1. The molecule has 1 atom stereocenters. The Hall–Kier alpha value is -1.78. The summed E-state index contributed by atoms with van der Waals surface area (Å²) in [5.74, 6) is -0.529. The molecular formula is C15H17ClF3N5OS. The number of pyridine rings is 1. The summed E-state index contributed by atoms with van der Waals surface area (Å²) in [6.07, 6.45) is -0.385. The van der Waals surface area contributed by atoms with E-state index in [2.05, 4.69) is 10.1 Å². The average molecular weight is 408 g/mol. The highest BCUT2D eigenvalue weighted by molar-refractivity contribution is 7.99. The summed E-state index contributed by atoms with van der Waals surface area (Å²) in [6.45, 7) is 0. The Balaban J connectivity index is 1.98. The lowest BCUT2D eigenvalue weighted by atomic mass is 10.3. The van der Waals surface area contributed by atoms with Gasteiger partial charge in [0.05, 0.1) is 30.5 Å². The number of aromatic nitrogens is 3. The van der Waals surface area contributed by atoms with Crippen molar-refractivity contribution in [3.63, 3.8) is 0 Å². The molecular weight excluding hydrogens is 391 g/mol. The highest BCUT2D eigenvalue weighted by Crippen LogP contribution is 2.26. The van der Waals surface area contributed by atoms with E-state index in [1.54, 1.807) is 30.7 Å². The molecule has 2 rings (SSSR count). The van der Waals surface area contributed by atoms with E-state index in [1.165, 1.54) is 16.6 Å². The van der Waals surface area contributed by atoms with Gasteiger partial charge in [-0.25, -0.2) is 4.68 Å². The molecule has 0 spiro atoms. The number of hydrogen-bond donors (Lipinski definition) is 1. The van der Waals surface area contributed by atoms with Crippen LogP contribution < -0.4 is 10.6 Å². The van der Waals surface area contributed by atoms with Crippen LogP contribution in [0.5, 0.6) is 0 Å². The van der Waals surface area contributed by atoms with Crippen molar-refractivity contribution in [2.24, 2.45) is 5.73 Å². The van der Waals surface area contributed by atoms with Gasteiger partial charge in [-0.1, -0.05) is 11.6 Å². The summed E-state index contributed by atoms with van der Waals surface area (Å²) < 4.78 is 37.9. The minimum absolute atomic E-state index is 0.0770. The first kappa shape index (κ1) is 20.5. The van der Waals surface area contributed by atoms with Gasteiger partial charge in [0.2, 0.25) is 5.91 Å². The van der Waals surface area contributed by atoms with Crippen molar-refractivity contribution in [1.29, 1.82) is 0 Å². The van der Waals surface area contributed by atoms with E-state index in [0.717, 1.165) is 11.8 Å². The summed E-state index contributed by atoms with van der Waals surface area (Å²) >= 11 is 7.08. The molecule has 11 heteroatoms. The molecule has 2 N–H and O–H groups in total. The van der Waals surface area contributed by atoms with Gasteiger partial charge in [-0.2, -0.15) is 30.0 Å². The van der Waals surface area contributed by atoms with Gasteiger partial charge < -0.3 is 10.6 Å². The van der Waals surface area contributed by atoms with Crippen molar-refractivity contribution in [3.05, 3.63) is 35.9 Å². The van der Waals surface area contributed by atoms with Gasteiger partial charge in [-0.05, 0) is 12.1 Å². The number of rotatable bonds is 7. The van der Waals surface area contributed by atoms with Crippen molar-refractivity contribution in [2.45, 2.75) is 18.6 Å². The summed E-state index contributed by atoms with van der Waals surface area (Å²) in [6, 6.07) is 2.55. The van der Waals surface area contributed by atoms with Crippen molar-refractivity contribution in [1.82, 2.24) is 14.8 Å². The lowest BCUT2D eigenvalue weighted by molar-refractivity contribution is -0.129. The molecule has 0 aromatic carbocycles. The van der Waals surface area contributed by atoms with Gasteiger partial charge in [0, 0.05) is 24.8 Å². The van der Waals surface area contributed by atoms with E-state index >= 15 is 0 Å². The number of nitrogens with two attached hydrogens (primary N) is 1. The van der Waals surface area contributed by atoms with E-state index in [1.807, 2.05) is 0 Å². The number of carbonyl (C=O) groups excluding carboxylic acids is 1. The Morgan fingerprint density at radius 1 is 1.50 bits per heavy atom. The van der Waals surface area contributed by atoms with Crippen LogP contribution in [-0.2, 0) is 4.79 Å². The highest BCUT2D eigenvalue weighted by Gasteiger charge is 2.27. The molecule has 142 valence electrons. The lowest BCUT2D eigenvalue weighted by Crippen LogP contribution is -2.43. The third-order valence-electron chi connectivity index (χ3n) is 3.40. The lowest BCUT2D eigenvalue weighted by Gasteiger charge is -2.20. The fraction of sp³-hybridized carbons (Fsp3) is 0.400. The summed E-state index contributed by atoms with van der Waals surface area (Å²) in [5, 5.41) is 4.22. The van der Waals surface area contributed by atoms with Crippen molar-refractivity contribution in [3.8, 4) is 5.69 Å². The van der Waals surface area contributed by atoms with E-state index in [0.29, 0.717) is 11.4 Å². The molecule has 0 saturated heterocycles. The normalized spacial score (nSPS) is 12.8. The molecule has 26 heavy (non-hydrogen) atoms. The molecule has 1 unspecified atom stereocenters. The van der Waals surface area contributed by atoms with Crippen molar-refractivity contribution in [2.75, 3.05) is 23.5 Å². The molecule has 2 aromatic rings. The monoisotopic (exact) mass is 407 g/mol. The van der Waals surface area contributed by atoms with Gasteiger partial charge in [0.25, 0.3) is 0 Å². The van der Waals surface area contributed by atoms with Crippen LogP contribution in [0.3, 0.4) is 0 Å². The predicted octanol–water partition coefficient (Wildman–Crippen LogP) is 2.90. The van der Waals surface area contributed by atoms with Crippen LogP contribution >= 0.6 is 23.4 Å². The van der Waals surface area contributed by atoms with Crippen LogP contribution in [0.4, 0.5) is 18.9 Å². The number of nitrogens with zero attached hydrogens (tertiary/aromatic N) is 4. The van der Waals surface area contributed by atoms with E-state index in [9.17, 15) is 18.0 Å². The number of thioether (sulfide) groups is 1. The molecule has 0 saturated carbocycles. The second kappa shape index (κ2) is 8.74. The maximum atomic E-state index is 12.4. The van der Waals surface area contributed by atoms with Gasteiger partial charge in [0.1, 0.15) is 5.69 Å². The van der Waals surface area contributed by atoms with Crippen molar-refractivity contribution >= 4 is 35.0 Å². The number of hydrogen-bond acceptors (Lipinski definition) is 5. The quantitative estimate of drug-likeness (QED) is 0.714. The minimum atomic E-state index is -4.22. The van der Waals surface area contributed by atoms with Gasteiger partial charge in [-0.3, -0.25) is 9.78 Å². The summed E-state index contributed by atoms with van der Waals surface area (Å²) in [5.41, 5.74) is 6.80. The van der Waals surface area contributed by atoms with Gasteiger partial charge in [-0.15, -0.1) is 0 Å². The second-order valence-corrected chi connectivity index (χ2v) is 6.91. The van der Waals surface area contributed by atoms with E-state index in [-0.39, 0.29) is 16.7 Å². The Labute approximate surface area is 157 Å². The first-order chi connectivity index (χ1) is 12.2. The van der Waals surface area contributed by atoms with Gasteiger partial charge in [0.15, 0.2) is 5.15 Å². The van der Waals surface area contributed by atoms with Crippen molar-refractivity contribution < 1.29 is 18.0 Å². The number of halogens is 4. The van der Waals surface area contributed by atoms with Gasteiger partial charge >= 0.3 is 6.18 Å². The maximum absolute atomic E-state index is 12.4. The number of amides is 1. The predicted molar refractivity (Wildman–Crippen MR) is 95.8 cm³/mol. The molecule has 0 fully saturated rings. The molecule has 2 heterocycles. The van der Waals surface area contributed by atoms with Crippen LogP contribution in [0.15, 0.2) is 30.7 Å². The molecule has 6 nitrogen and oxygen atoms in total. The zero-order valence-electron chi connectivity index (χ0n) is 13.8. The fourth-order valence-corrected chi connectivity index (χ4v) is 3.22. The fourth-order valence-electron chi connectivity index (χ4n) is 2.03. The summed E-state index contributed by atoms with van der Waals surface area (Å²) in [4.78, 5) is 17.6. The smallest absolute Gasteiger partial charge is 0.319 e. The molecule has 0 aliphatic carbocycles. The Bertz CT molecular complexity index is 741. The minimum Gasteiger partial charge on any atom is -0.319 e. The molecule has 0 aliphatic rings. The van der Waals surface area contributed by atoms with E-state index < -0.39 is 24.5 Å². The van der Waals surface area contributed by atoms with E-state index in [4.69, 9.17) is 17.3 Å². The molecule has 0 aliphatic heterocycles. The standard InChI is InChI=1S/C15H17ClF3N5OS/c1-23(14(25)11(20)9-26-6-4-15(17,18)19)12-8-24(22-13(12)16)10-3-2-5-21-7-10/h2-3,5,7-8,11H,4,6,9,20H2,1H3. The Morgan fingerprint density at radius 2 is 2.23 bits per heavy atom. The first-order valence-electron chi connectivity index (χ1n) is 7.52. The molecule has 0 radical (unpaired) electrons. The largest absolute Gasteiger partial charge is 0.389 e. The second-order valence-electron chi connectivity index (χ2n) is 5.40. The molecule has 0 bridgehead atoms. The molecule has 1 amide bonds. The number of alkyl halides is 3. The van der Waals surface area contributed by atoms with Crippen LogP contribution in [0, 0.1) is 0 Å². The SMILES string of the molecule is CN(C(=O)C(N)CSCCC(F)(F)F)c1cn(-c2cccnc2)nc1Cl. The first-order valence-corrected chi connectivity index (χ1v) is 9.05. The molecule has 2 aromatic heterocycles. The third-order valence-corrected chi connectivity index (χ3v) is 4.76. The number of likely N-dealkylation sites (N-methyl/N-ethyl adjacent to an activating group) is 1. The average Bonchev–Trinajstić information content (AvgIpc) is 2.99. The van der Waals surface area contributed by atoms with Crippen LogP contribution in [0.25, 0.3) is 5.69 Å². The highest BCUT2D eigenvalue weighted by atomic mass is 35.5. The maximum Gasteiger partial charge on any atom is 0.389 e. The Morgan fingerprint density at radius 3 is 2.85 bits per heavy atom. The number of carbonyl (C=O) groups is 1. The third kappa shape index (κ3) is 5.61. The van der Waals surface area contributed by atoms with Crippen LogP contribution in [0.2, 0.25) is 5.15 Å². The van der Waals surface area contributed by atoms with Crippen LogP contribution in [-0.4, -0.2) is 51.4 Å². The summed E-state index contributed by atoms with van der Waals surface area (Å²) in [7, 11) is 1.49.